The number of esters is 4. The lowest BCUT2D eigenvalue weighted by atomic mass is 10.1. The van der Waals surface area contributed by atoms with E-state index in [0.717, 1.165) is 6.26 Å². The fraction of sp³-hybridized carbons (Fsp3) is 0.500. The number of methoxy groups -OCH3 is 4. The Bertz CT molecular complexity index is 1230. The summed E-state index contributed by atoms with van der Waals surface area (Å²) in [6.07, 6.45) is 3.23. The number of carbonyl (C=O) groups excluding carboxylic acids is 9. The van der Waals surface area contributed by atoms with Crippen molar-refractivity contribution in [3.63, 3.8) is 0 Å². The molecule has 0 spiro atoms. The minimum atomic E-state index is -0.670. The van der Waals surface area contributed by atoms with Crippen LogP contribution in [0.3, 0.4) is 0 Å². The van der Waals surface area contributed by atoms with Crippen LogP contribution in [0.2, 0.25) is 0 Å². The standard InChI is InChI=1S/C9H15NO3.C9H10O4.C6H10O3.C5H7ClO3.CO2/c1-5-8(11)7(6-10(2)3)9(12)13-4;1-5-6(2)13-4-7(8(5)10)9(11)12-3;1-3-5(7)4-6(8)9-2;1-9-5(8)2-4(7)3-6;2-1-3/h6H,5H2,1-4H3;4H,1-3H3;3-4H2,1-2H3;2-3H2,1H3;/b7-6-;;;;. The van der Waals surface area contributed by atoms with Gasteiger partial charge in [-0.1, -0.05) is 13.8 Å². The number of rotatable bonds is 11. The fourth-order valence-electron chi connectivity index (χ4n) is 2.34. The van der Waals surface area contributed by atoms with Crippen molar-refractivity contribution in [2.75, 3.05) is 48.4 Å². The average molecular weight is 692 g/mol. The molecule has 0 N–H and O–H groups in total. The highest BCUT2D eigenvalue weighted by Crippen LogP contribution is 2.04. The van der Waals surface area contributed by atoms with Gasteiger partial charge in [0, 0.05) is 38.7 Å². The number of hydrogen-bond acceptors (Lipinski definition) is 16. The topological polar surface area (TPSA) is 224 Å². The van der Waals surface area contributed by atoms with Crippen LogP contribution in [0.25, 0.3) is 0 Å². The molecular weight excluding hydrogens is 650 g/mol. The highest BCUT2D eigenvalue weighted by atomic mass is 35.5. The van der Waals surface area contributed by atoms with Crippen LogP contribution < -0.4 is 5.43 Å². The van der Waals surface area contributed by atoms with E-state index in [1.807, 2.05) is 0 Å². The molecule has 1 heterocycles. The van der Waals surface area contributed by atoms with Gasteiger partial charge >= 0.3 is 30.0 Å². The van der Waals surface area contributed by atoms with Gasteiger partial charge in [-0.25, -0.2) is 9.59 Å². The van der Waals surface area contributed by atoms with Crippen molar-refractivity contribution in [1.82, 2.24) is 4.90 Å². The van der Waals surface area contributed by atoms with Gasteiger partial charge < -0.3 is 28.3 Å². The molecule has 0 saturated heterocycles. The number of carbonyl (C=O) groups is 7. The molecule has 0 saturated carbocycles. The Morgan fingerprint density at radius 1 is 0.830 bits per heavy atom. The number of hydrogen-bond donors (Lipinski definition) is 0. The highest BCUT2D eigenvalue weighted by Gasteiger charge is 2.17. The van der Waals surface area contributed by atoms with E-state index >= 15 is 0 Å². The zero-order valence-electron chi connectivity index (χ0n) is 28.1. The molecule has 47 heavy (non-hydrogen) atoms. The maximum atomic E-state index is 11.4. The lowest BCUT2D eigenvalue weighted by Gasteiger charge is -2.08. The summed E-state index contributed by atoms with van der Waals surface area (Å²) in [5.74, 6) is -2.47. The Kier molecular flexibility index (Phi) is 31.0. The normalized spacial score (nSPS) is 9.21. The first kappa shape index (κ1) is 48.9. The zero-order chi connectivity index (χ0) is 37.7. The Labute approximate surface area is 277 Å². The van der Waals surface area contributed by atoms with Crippen molar-refractivity contribution >= 4 is 59.0 Å². The van der Waals surface area contributed by atoms with E-state index < -0.39 is 23.9 Å². The van der Waals surface area contributed by atoms with Crippen molar-refractivity contribution in [3.05, 3.63) is 45.1 Å². The van der Waals surface area contributed by atoms with Gasteiger partial charge in [0.05, 0.1) is 34.3 Å². The molecule has 0 unspecified atom stereocenters. The molecule has 17 heteroatoms. The molecule has 0 bridgehead atoms. The van der Waals surface area contributed by atoms with Gasteiger partial charge in [0.25, 0.3) is 0 Å². The molecule has 16 nitrogen and oxygen atoms in total. The van der Waals surface area contributed by atoms with Gasteiger partial charge in [0.2, 0.25) is 5.43 Å². The van der Waals surface area contributed by atoms with Crippen molar-refractivity contribution in [3.8, 4) is 0 Å². The number of ketones is 3. The number of nitrogens with zero attached hydrogens (tertiary/aromatic N) is 1. The summed E-state index contributed by atoms with van der Waals surface area (Å²) in [5.41, 5.74) is 0.124. The molecule has 1 aromatic heterocycles. The molecule has 0 radical (unpaired) electrons. The third-order valence-corrected chi connectivity index (χ3v) is 5.27. The molecule has 0 atom stereocenters. The van der Waals surface area contributed by atoms with Crippen molar-refractivity contribution in [2.24, 2.45) is 0 Å². The van der Waals surface area contributed by atoms with Gasteiger partial charge in [0.15, 0.2) is 11.6 Å². The van der Waals surface area contributed by atoms with E-state index in [4.69, 9.17) is 25.6 Å². The summed E-state index contributed by atoms with van der Waals surface area (Å²) in [6, 6.07) is 0. The second-order valence-electron chi connectivity index (χ2n) is 8.58. The Morgan fingerprint density at radius 3 is 1.64 bits per heavy atom. The molecular formula is C30H42ClNO15. The fourth-order valence-corrected chi connectivity index (χ4v) is 2.43. The summed E-state index contributed by atoms with van der Waals surface area (Å²) >= 11 is 5.10. The first-order valence-electron chi connectivity index (χ1n) is 13.3. The average Bonchev–Trinajstić information content (AvgIpc) is 3.05. The van der Waals surface area contributed by atoms with Crippen LogP contribution in [0.5, 0.6) is 0 Å². The third kappa shape index (κ3) is 25.0. The molecule has 1 rings (SSSR count). The molecule has 0 fully saturated rings. The summed E-state index contributed by atoms with van der Waals surface area (Å²) < 4.78 is 22.4. The summed E-state index contributed by atoms with van der Waals surface area (Å²) in [7, 11) is 8.46. The lowest BCUT2D eigenvalue weighted by Crippen LogP contribution is -2.18. The molecule has 264 valence electrons. The number of halogens is 1. The largest absolute Gasteiger partial charge is 0.469 e. The smallest absolute Gasteiger partial charge is 0.373 e. The van der Waals surface area contributed by atoms with Crippen LogP contribution in [-0.2, 0) is 57.3 Å². The second kappa shape index (κ2) is 29.7. The van der Waals surface area contributed by atoms with E-state index in [1.54, 1.807) is 46.7 Å². The van der Waals surface area contributed by atoms with Crippen LogP contribution in [0.15, 0.2) is 27.2 Å². The zero-order valence-corrected chi connectivity index (χ0v) is 28.9. The van der Waals surface area contributed by atoms with Crippen molar-refractivity contribution < 1.29 is 66.5 Å². The van der Waals surface area contributed by atoms with Gasteiger partial charge in [-0.05, 0) is 13.8 Å². The minimum Gasteiger partial charge on any atom is -0.469 e. The van der Waals surface area contributed by atoms with E-state index in [-0.39, 0.29) is 58.8 Å². The van der Waals surface area contributed by atoms with Crippen LogP contribution >= 0.6 is 11.6 Å². The quantitative estimate of drug-likeness (QED) is 0.0807. The Balaban J connectivity index is -0.000000258. The first-order valence-corrected chi connectivity index (χ1v) is 13.9. The van der Waals surface area contributed by atoms with E-state index in [9.17, 15) is 38.4 Å². The SMILES string of the molecule is CCC(=O)/C(=C/N(C)C)C(=O)OC.CCC(=O)CC(=O)OC.COC(=O)CC(=O)CCl.COC(=O)c1coc(C)c(C)c1=O.O=C=O. The van der Waals surface area contributed by atoms with Crippen LogP contribution in [-0.4, -0.2) is 101 Å². The van der Waals surface area contributed by atoms with Gasteiger partial charge in [0.1, 0.15) is 41.8 Å². The maximum Gasteiger partial charge on any atom is 0.373 e. The predicted octanol–water partition coefficient (Wildman–Crippen LogP) is 1.93. The van der Waals surface area contributed by atoms with Gasteiger partial charge in [-0.15, -0.1) is 11.6 Å². The maximum absolute atomic E-state index is 11.4. The van der Waals surface area contributed by atoms with E-state index in [0.29, 0.717) is 24.2 Å². The molecule has 0 aliphatic heterocycles. The summed E-state index contributed by atoms with van der Waals surface area (Å²) in [6.45, 7) is 6.69. The highest BCUT2D eigenvalue weighted by molar-refractivity contribution is 6.28. The summed E-state index contributed by atoms with van der Waals surface area (Å²) in [5, 5.41) is 0. The lowest BCUT2D eigenvalue weighted by molar-refractivity contribution is -0.192. The number of Topliss-reactive ketones (excluding diaryl/α,β-unsaturated/α-hetero) is 3. The van der Waals surface area contributed by atoms with Gasteiger partial charge in [-0.2, -0.15) is 9.59 Å². The van der Waals surface area contributed by atoms with Gasteiger partial charge in [-0.3, -0.25) is 28.8 Å². The predicted molar refractivity (Wildman–Crippen MR) is 164 cm³/mol. The van der Waals surface area contributed by atoms with Crippen LogP contribution in [0.1, 0.15) is 61.2 Å². The van der Waals surface area contributed by atoms with E-state index in [2.05, 4.69) is 18.9 Å². The molecule has 0 amide bonds. The number of alkyl halides is 1. The minimum absolute atomic E-state index is 0.0643. The monoisotopic (exact) mass is 691 g/mol. The first-order chi connectivity index (χ1) is 21.9. The van der Waals surface area contributed by atoms with Crippen LogP contribution in [0.4, 0.5) is 0 Å². The molecule has 0 aliphatic rings. The molecule has 1 aromatic rings. The molecule has 0 aliphatic carbocycles. The summed E-state index contributed by atoms with van der Waals surface area (Å²) in [4.78, 5) is 104. The van der Waals surface area contributed by atoms with Crippen molar-refractivity contribution in [2.45, 2.75) is 53.4 Å². The number of aryl methyl sites for hydroxylation is 1. The second-order valence-corrected chi connectivity index (χ2v) is 8.85. The molecule has 0 aromatic carbocycles. The Hall–Kier alpha value is -4.95. The van der Waals surface area contributed by atoms with Crippen LogP contribution in [0, 0.1) is 13.8 Å². The van der Waals surface area contributed by atoms with E-state index in [1.165, 1.54) is 34.6 Å². The number of ether oxygens (including phenoxy) is 4. The Morgan fingerprint density at radius 2 is 1.30 bits per heavy atom. The van der Waals surface area contributed by atoms with Crippen molar-refractivity contribution in [1.29, 1.82) is 0 Å². The third-order valence-electron chi connectivity index (χ3n) is 4.97.